The van der Waals surface area contributed by atoms with Crippen LogP contribution in [0.15, 0.2) is 54.3 Å². The Morgan fingerprint density at radius 3 is 2.68 bits per heavy atom. The van der Waals surface area contributed by atoms with E-state index in [4.69, 9.17) is 4.74 Å². The van der Waals surface area contributed by atoms with E-state index in [1.165, 1.54) is 11.6 Å². The van der Waals surface area contributed by atoms with Crippen molar-refractivity contribution >= 4 is 11.9 Å². The molecule has 0 bridgehead atoms. The highest BCUT2D eigenvalue weighted by Gasteiger charge is 2.16. The fourth-order valence-corrected chi connectivity index (χ4v) is 2.48. The number of ether oxygens (including phenoxy) is 1. The van der Waals surface area contributed by atoms with Crippen molar-refractivity contribution in [1.82, 2.24) is 5.48 Å². The molecule has 0 heterocycles. The van der Waals surface area contributed by atoms with Gasteiger partial charge in [0.15, 0.2) is 0 Å². The predicted octanol–water partition coefficient (Wildman–Crippen LogP) is 3.61. The molecule has 0 saturated heterocycles. The molecule has 0 saturated carbocycles. The quantitative estimate of drug-likeness (QED) is 0.549. The van der Waals surface area contributed by atoms with Crippen molar-refractivity contribution < 1.29 is 19.2 Å². The Morgan fingerprint density at radius 1 is 1.28 bits per heavy atom. The van der Waals surface area contributed by atoms with Gasteiger partial charge < -0.3 is 9.57 Å². The van der Waals surface area contributed by atoms with Crippen LogP contribution in [0.4, 0.5) is 0 Å². The number of hydrogen-bond donors (Lipinski definition) is 1. The Labute approximate surface area is 148 Å². The van der Waals surface area contributed by atoms with E-state index in [0.717, 1.165) is 31.4 Å². The van der Waals surface area contributed by atoms with Crippen LogP contribution < -0.4 is 5.48 Å². The van der Waals surface area contributed by atoms with E-state index >= 15 is 0 Å². The van der Waals surface area contributed by atoms with Crippen LogP contribution in [0.1, 0.15) is 44.6 Å². The van der Waals surface area contributed by atoms with E-state index in [1.54, 1.807) is 13.0 Å². The van der Waals surface area contributed by atoms with E-state index in [-0.39, 0.29) is 18.4 Å². The van der Waals surface area contributed by atoms with E-state index in [1.807, 2.05) is 18.2 Å². The number of carbonyl (C=O) groups is 2. The molecule has 1 atom stereocenters. The largest absolute Gasteiger partial charge is 0.495 e. The zero-order valence-corrected chi connectivity index (χ0v) is 14.6. The summed E-state index contributed by atoms with van der Waals surface area (Å²) in [4.78, 5) is 27.5. The Balaban J connectivity index is 1.74. The van der Waals surface area contributed by atoms with Crippen LogP contribution in [0.5, 0.6) is 0 Å². The minimum atomic E-state index is -0.585. The van der Waals surface area contributed by atoms with Gasteiger partial charge in [0, 0.05) is 25.3 Å². The van der Waals surface area contributed by atoms with Crippen molar-refractivity contribution in [2.75, 3.05) is 0 Å². The van der Waals surface area contributed by atoms with Crippen LogP contribution in [-0.4, -0.2) is 18.0 Å². The van der Waals surface area contributed by atoms with Gasteiger partial charge in [-0.15, -0.1) is 0 Å². The van der Waals surface area contributed by atoms with Gasteiger partial charge in [-0.2, -0.15) is 5.48 Å². The zero-order chi connectivity index (χ0) is 17.9. The van der Waals surface area contributed by atoms with Gasteiger partial charge in [-0.1, -0.05) is 36.4 Å². The average molecular weight is 343 g/mol. The van der Waals surface area contributed by atoms with Crippen LogP contribution in [0.3, 0.4) is 0 Å². The lowest BCUT2D eigenvalue weighted by atomic mass is 10.0. The van der Waals surface area contributed by atoms with Gasteiger partial charge in [0.2, 0.25) is 0 Å². The van der Waals surface area contributed by atoms with Crippen LogP contribution in [0.2, 0.25) is 0 Å². The highest BCUT2D eigenvalue weighted by Crippen LogP contribution is 2.24. The third kappa shape index (κ3) is 7.25. The Hall–Kier alpha value is -2.56. The highest BCUT2D eigenvalue weighted by atomic mass is 16.7. The van der Waals surface area contributed by atoms with Crippen molar-refractivity contribution in [1.29, 1.82) is 0 Å². The van der Waals surface area contributed by atoms with Crippen molar-refractivity contribution in [2.45, 2.75) is 51.6 Å². The van der Waals surface area contributed by atoms with Crippen molar-refractivity contribution in [3.8, 4) is 0 Å². The molecule has 134 valence electrons. The molecule has 0 spiro atoms. The molecule has 5 nitrogen and oxygen atoms in total. The second-order valence-corrected chi connectivity index (χ2v) is 5.98. The van der Waals surface area contributed by atoms with Gasteiger partial charge >= 0.3 is 5.97 Å². The van der Waals surface area contributed by atoms with Crippen LogP contribution in [-0.2, 0) is 25.6 Å². The van der Waals surface area contributed by atoms with Gasteiger partial charge in [0.25, 0.3) is 5.91 Å². The van der Waals surface area contributed by atoms with E-state index in [0.29, 0.717) is 6.42 Å². The number of carbonyl (C=O) groups excluding carboxylic acids is 2. The van der Waals surface area contributed by atoms with Gasteiger partial charge in [-0.05, 0) is 37.8 Å². The maximum absolute atomic E-state index is 11.7. The topological polar surface area (TPSA) is 64.6 Å². The molecular weight excluding hydrogens is 318 g/mol. The molecule has 25 heavy (non-hydrogen) atoms. The van der Waals surface area contributed by atoms with Crippen LogP contribution in [0.25, 0.3) is 0 Å². The lowest BCUT2D eigenvalue weighted by molar-refractivity contribution is -0.153. The third-order valence-electron chi connectivity index (χ3n) is 3.89. The normalized spacial score (nSPS) is 14.4. The van der Waals surface area contributed by atoms with Gasteiger partial charge in [0.05, 0.1) is 5.76 Å². The molecule has 0 radical (unpaired) electrons. The Bertz CT molecular complexity index is 622. The first-order valence-electron chi connectivity index (χ1n) is 8.69. The molecule has 1 aromatic carbocycles. The molecule has 0 aliphatic heterocycles. The maximum atomic E-state index is 11.7. The van der Waals surface area contributed by atoms with Gasteiger partial charge in [0.1, 0.15) is 6.10 Å². The molecule has 5 heteroatoms. The second kappa shape index (κ2) is 10.3. The van der Waals surface area contributed by atoms with Crippen LogP contribution in [0, 0.1) is 0 Å². The lowest BCUT2D eigenvalue weighted by Gasteiger charge is -2.24. The number of nitrogens with one attached hydrogen (secondary N) is 1. The monoisotopic (exact) mass is 343 g/mol. The molecule has 1 amide bonds. The molecule has 0 fully saturated rings. The van der Waals surface area contributed by atoms with Crippen molar-refractivity contribution in [3.05, 3.63) is 59.9 Å². The first kappa shape index (κ1) is 18.8. The molecule has 0 aromatic heterocycles. The fourth-order valence-electron chi connectivity index (χ4n) is 2.48. The maximum Gasteiger partial charge on any atom is 0.355 e. The van der Waals surface area contributed by atoms with Crippen LogP contribution >= 0.6 is 0 Å². The van der Waals surface area contributed by atoms with Crippen molar-refractivity contribution in [3.63, 3.8) is 0 Å². The number of rotatable bonds is 9. The summed E-state index contributed by atoms with van der Waals surface area (Å²) in [5.74, 6) is 0.155. The second-order valence-electron chi connectivity index (χ2n) is 5.98. The SMILES string of the molecule is CC=CC(=O)ONC(=O)CCCC(Cc1ccccc1)OC1=CCC1. The summed E-state index contributed by atoms with van der Waals surface area (Å²) in [6.07, 6.45) is 9.55. The standard InChI is InChI=1S/C20H25NO4/c1-2-8-20(23)25-21-19(22)14-7-13-18(24-17-11-6-12-17)15-16-9-4-3-5-10-16/h2-5,8-11,18H,6-7,12-15H2,1H3,(H,21,22). The Morgan fingerprint density at radius 2 is 2.04 bits per heavy atom. The van der Waals surface area contributed by atoms with Gasteiger partial charge in [-0.3, -0.25) is 4.79 Å². The summed E-state index contributed by atoms with van der Waals surface area (Å²) in [6.45, 7) is 1.70. The van der Waals surface area contributed by atoms with E-state index in [2.05, 4.69) is 28.5 Å². The molecule has 1 N–H and O–H groups in total. The summed E-state index contributed by atoms with van der Waals surface area (Å²) in [7, 11) is 0. The fraction of sp³-hybridized carbons (Fsp3) is 0.400. The number of amides is 1. The van der Waals surface area contributed by atoms with E-state index < -0.39 is 5.97 Å². The lowest BCUT2D eigenvalue weighted by Crippen LogP contribution is -2.26. The summed E-state index contributed by atoms with van der Waals surface area (Å²) >= 11 is 0. The minimum absolute atomic E-state index is 0.0484. The number of allylic oxidation sites excluding steroid dienone is 3. The zero-order valence-electron chi connectivity index (χ0n) is 14.6. The molecule has 1 aliphatic rings. The summed E-state index contributed by atoms with van der Waals surface area (Å²) in [5, 5.41) is 0. The number of benzene rings is 1. The molecule has 2 rings (SSSR count). The molecule has 1 aliphatic carbocycles. The average Bonchev–Trinajstić information content (AvgIpc) is 2.57. The van der Waals surface area contributed by atoms with Crippen molar-refractivity contribution in [2.24, 2.45) is 0 Å². The number of hydroxylamine groups is 1. The third-order valence-corrected chi connectivity index (χ3v) is 3.89. The van der Waals surface area contributed by atoms with E-state index in [9.17, 15) is 9.59 Å². The smallest absolute Gasteiger partial charge is 0.355 e. The number of hydrogen-bond acceptors (Lipinski definition) is 4. The first-order chi connectivity index (χ1) is 12.2. The van der Waals surface area contributed by atoms with Gasteiger partial charge in [-0.25, -0.2) is 4.79 Å². The minimum Gasteiger partial charge on any atom is -0.495 e. The predicted molar refractivity (Wildman–Crippen MR) is 95.2 cm³/mol. The Kier molecular flexibility index (Phi) is 7.76. The molecule has 1 aromatic rings. The highest BCUT2D eigenvalue weighted by molar-refractivity contribution is 5.84. The first-order valence-corrected chi connectivity index (χ1v) is 8.69. The molecular formula is C20H25NO4. The summed E-state index contributed by atoms with van der Waals surface area (Å²) < 4.78 is 6.04. The molecule has 1 unspecified atom stereocenters. The summed E-state index contributed by atoms with van der Waals surface area (Å²) in [5.41, 5.74) is 3.38. The summed E-state index contributed by atoms with van der Waals surface area (Å²) in [6, 6.07) is 10.2.